The van der Waals surface area contributed by atoms with E-state index in [4.69, 9.17) is 15.9 Å². The molecule has 0 aliphatic carbocycles. The smallest absolute Gasteiger partial charge is 0.341 e. The van der Waals surface area contributed by atoms with Gasteiger partial charge in [-0.3, -0.25) is 0 Å². The molecule has 0 aliphatic rings. The van der Waals surface area contributed by atoms with Crippen LogP contribution in [0.3, 0.4) is 0 Å². The average Bonchev–Trinajstić information content (AvgIpc) is 1.82. The molecule has 70 valence electrons. The van der Waals surface area contributed by atoms with Crippen LogP contribution in [0, 0.1) is 0 Å². The zero-order valence-electron chi connectivity index (χ0n) is 5.89. The summed E-state index contributed by atoms with van der Waals surface area (Å²) in [6.07, 6.45) is 0. The topological polar surface area (TPSA) is 119 Å². The zero-order chi connectivity index (χ0) is 10.1. The summed E-state index contributed by atoms with van der Waals surface area (Å²) in [5.41, 5.74) is 9.18. The fourth-order valence-electron chi connectivity index (χ4n) is 0.133. The van der Waals surface area contributed by atoms with Gasteiger partial charge in [0.2, 0.25) is 0 Å². The molecule has 0 saturated carbocycles. The minimum atomic E-state index is -1.09. The third-order valence-corrected chi connectivity index (χ3v) is 0.456. The van der Waals surface area contributed by atoms with Gasteiger partial charge < -0.3 is 26.4 Å². The first-order chi connectivity index (χ1) is 5.36. The Bertz CT molecular complexity index is 166. The van der Waals surface area contributed by atoms with E-state index < -0.39 is 17.8 Å². The molecule has 0 spiro atoms. The second kappa shape index (κ2) is 7.95. The van der Waals surface area contributed by atoms with Crippen LogP contribution in [0.25, 0.3) is 0 Å². The van der Waals surface area contributed by atoms with Crippen LogP contribution in [0.15, 0.2) is 0 Å². The molecule has 0 saturated heterocycles. The lowest BCUT2D eigenvalue weighted by Crippen LogP contribution is -2.17. The summed E-state index contributed by atoms with van der Waals surface area (Å²) in [5, 5.41) is 14.7. The highest BCUT2D eigenvalue weighted by Gasteiger charge is 1.95. The number of aliphatic hydroxyl groups excluding tert-OH is 1. The van der Waals surface area contributed by atoms with Gasteiger partial charge in [0.05, 0.1) is 0 Å². The van der Waals surface area contributed by atoms with Crippen LogP contribution in [-0.4, -0.2) is 33.1 Å². The highest BCUT2D eigenvalue weighted by Crippen LogP contribution is 1.72. The van der Waals surface area contributed by atoms with Crippen LogP contribution >= 0.6 is 24.4 Å². The predicted octanol–water partition coefficient (Wildman–Crippen LogP) is -0.881. The predicted molar refractivity (Wildman–Crippen MR) is 49.8 cm³/mol. The minimum Gasteiger partial charge on any atom is -0.487 e. The zero-order valence-corrected chi connectivity index (χ0v) is 7.52. The van der Waals surface area contributed by atoms with Crippen molar-refractivity contribution in [2.24, 2.45) is 11.5 Å². The molecule has 0 aromatic rings. The Kier molecular flexibility index (Phi) is 8.91. The standard InChI is InChI=1S/C3H5NO3S.CH3NOS/c4-3(8)7-1-2(5)6;2-1(3)4/h1H2,(H2,4,8)(H,5,6);(H3,2,3,4). The summed E-state index contributed by atoms with van der Waals surface area (Å²) in [6.45, 7) is -0.463. The maximum Gasteiger partial charge on any atom is 0.341 e. The van der Waals surface area contributed by atoms with Crippen LogP contribution < -0.4 is 11.5 Å². The van der Waals surface area contributed by atoms with Crippen LogP contribution in [0.1, 0.15) is 0 Å². The van der Waals surface area contributed by atoms with E-state index in [-0.39, 0.29) is 5.17 Å². The van der Waals surface area contributed by atoms with Crippen molar-refractivity contribution in [1.29, 1.82) is 0 Å². The van der Waals surface area contributed by atoms with Crippen LogP contribution in [0.2, 0.25) is 0 Å². The van der Waals surface area contributed by atoms with Crippen molar-refractivity contribution in [2.75, 3.05) is 6.61 Å². The number of hydrogen-bond donors (Lipinski definition) is 4. The highest BCUT2D eigenvalue weighted by molar-refractivity contribution is 7.80. The number of carboxylic acids is 1. The summed E-state index contributed by atoms with van der Waals surface area (Å²) >= 11 is 8.08. The first kappa shape index (κ1) is 13.4. The van der Waals surface area contributed by atoms with Crippen LogP contribution in [-0.2, 0) is 9.53 Å². The molecule has 6 nitrogen and oxygen atoms in total. The number of hydrogen-bond acceptors (Lipinski definition) is 4. The molecule has 0 rings (SSSR count). The first-order valence-corrected chi connectivity index (χ1v) is 3.30. The number of aliphatic hydroxyl groups is 1. The number of carbonyl (C=O) groups is 1. The van der Waals surface area contributed by atoms with Gasteiger partial charge in [-0.05, 0) is 24.4 Å². The van der Waals surface area contributed by atoms with Gasteiger partial charge in [0.1, 0.15) is 0 Å². The summed E-state index contributed by atoms with van der Waals surface area (Å²) < 4.78 is 4.21. The lowest BCUT2D eigenvalue weighted by Gasteiger charge is -1.95. The molecule has 0 bridgehead atoms. The normalized spacial score (nSPS) is 7.33. The van der Waals surface area contributed by atoms with E-state index in [1.165, 1.54) is 0 Å². The van der Waals surface area contributed by atoms with E-state index in [9.17, 15) is 4.79 Å². The number of carboxylic acid groups (broad SMARTS) is 1. The Morgan fingerprint density at radius 3 is 1.75 bits per heavy atom. The quantitative estimate of drug-likeness (QED) is 0.436. The largest absolute Gasteiger partial charge is 0.487 e. The molecule has 0 heterocycles. The molecule has 8 heteroatoms. The molecule has 12 heavy (non-hydrogen) atoms. The molecule has 0 radical (unpaired) electrons. The molecule has 0 fully saturated rings. The second-order valence-electron chi connectivity index (χ2n) is 1.34. The van der Waals surface area contributed by atoms with E-state index in [1.807, 2.05) is 0 Å². The molecule has 0 atom stereocenters. The van der Waals surface area contributed by atoms with Gasteiger partial charge in [-0.2, -0.15) is 0 Å². The SMILES string of the molecule is NC(=S)OCC(=O)O.NC(O)=S. The van der Waals surface area contributed by atoms with Gasteiger partial charge in [0, 0.05) is 0 Å². The Morgan fingerprint density at radius 1 is 1.33 bits per heavy atom. The van der Waals surface area contributed by atoms with Crippen molar-refractivity contribution in [3.63, 3.8) is 0 Å². The molecule has 0 aromatic carbocycles. The summed E-state index contributed by atoms with van der Waals surface area (Å²) in [7, 11) is 0. The van der Waals surface area contributed by atoms with E-state index in [0.717, 1.165) is 0 Å². The Labute approximate surface area is 79.1 Å². The van der Waals surface area contributed by atoms with Gasteiger partial charge >= 0.3 is 5.97 Å². The van der Waals surface area contributed by atoms with Gasteiger partial charge in [-0.25, -0.2) is 4.79 Å². The summed E-state index contributed by atoms with van der Waals surface area (Å²) in [5.74, 6) is -1.09. The van der Waals surface area contributed by atoms with Crippen molar-refractivity contribution in [2.45, 2.75) is 0 Å². The molecule has 6 N–H and O–H groups in total. The van der Waals surface area contributed by atoms with E-state index in [1.54, 1.807) is 0 Å². The molecule has 0 aliphatic heterocycles. The third-order valence-electron chi connectivity index (χ3n) is 0.338. The maximum atomic E-state index is 9.66. The van der Waals surface area contributed by atoms with Crippen LogP contribution in [0.5, 0.6) is 0 Å². The number of nitrogens with two attached hydrogens (primary N) is 2. The average molecular weight is 212 g/mol. The maximum absolute atomic E-state index is 9.66. The Hall–Kier alpha value is -1.15. The van der Waals surface area contributed by atoms with E-state index in [0.29, 0.717) is 0 Å². The number of aliphatic carboxylic acids is 1. The third kappa shape index (κ3) is 36.8. The van der Waals surface area contributed by atoms with Gasteiger partial charge in [-0.15, -0.1) is 0 Å². The highest BCUT2D eigenvalue weighted by atomic mass is 32.1. The summed E-state index contributed by atoms with van der Waals surface area (Å²) in [6, 6.07) is 0. The van der Waals surface area contributed by atoms with Crippen molar-refractivity contribution in [3.05, 3.63) is 0 Å². The lowest BCUT2D eigenvalue weighted by molar-refractivity contribution is -0.139. The molecule has 0 unspecified atom stereocenters. The fraction of sp³-hybridized carbons (Fsp3) is 0.250. The molecule has 0 amide bonds. The number of ether oxygens (including phenoxy) is 1. The lowest BCUT2D eigenvalue weighted by atomic mass is 10.7. The monoisotopic (exact) mass is 212 g/mol. The number of thiocarbonyl (C=S) groups is 2. The van der Waals surface area contributed by atoms with Crippen LogP contribution in [0.4, 0.5) is 0 Å². The van der Waals surface area contributed by atoms with E-state index in [2.05, 4.69) is 34.9 Å². The molecule has 0 aromatic heterocycles. The second-order valence-corrected chi connectivity index (χ2v) is 2.16. The fourth-order valence-corrected chi connectivity index (χ4v) is 0.192. The first-order valence-electron chi connectivity index (χ1n) is 2.48. The van der Waals surface area contributed by atoms with Gasteiger partial charge in [0.15, 0.2) is 6.61 Å². The van der Waals surface area contributed by atoms with Crippen molar-refractivity contribution >= 4 is 40.8 Å². The van der Waals surface area contributed by atoms with Gasteiger partial charge in [-0.1, -0.05) is 0 Å². The molecular formula is C4H8N2O4S2. The minimum absolute atomic E-state index is 0.243. The van der Waals surface area contributed by atoms with E-state index >= 15 is 0 Å². The molecular weight excluding hydrogens is 204 g/mol. The van der Waals surface area contributed by atoms with Gasteiger partial charge in [0.25, 0.3) is 10.3 Å². The Morgan fingerprint density at radius 2 is 1.67 bits per heavy atom. The van der Waals surface area contributed by atoms with Crippen molar-refractivity contribution in [3.8, 4) is 0 Å². The Balaban J connectivity index is 0. The van der Waals surface area contributed by atoms with Crippen molar-refractivity contribution in [1.82, 2.24) is 0 Å². The number of rotatable bonds is 2. The summed E-state index contributed by atoms with van der Waals surface area (Å²) in [4.78, 5) is 9.66. The van der Waals surface area contributed by atoms with Crippen molar-refractivity contribution < 1.29 is 19.7 Å².